The maximum absolute atomic E-state index is 13.5. The topological polar surface area (TPSA) is 84.3 Å². The van der Waals surface area contributed by atoms with Crippen molar-refractivity contribution >= 4 is 27.3 Å². The number of benzene rings is 1. The van der Waals surface area contributed by atoms with E-state index in [1.54, 1.807) is 6.20 Å². The van der Waals surface area contributed by atoms with Crippen molar-refractivity contribution < 1.29 is 17.6 Å². The van der Waals surface area contributed by atoms with Crippen molar-refractivity contribution in [2.75, 3.05) is 16.2 Å². The summed E-state index contributed by atoms with van der Waals surface area (Å²) in [6.07, 6.45) is 4.27. The Morgan fingerprint density at radius 3 is 2.80 bits per heavy atom. The molecule has 1 N–H and O–H groups in total. The van der Waals surface area contributed by atoms with Crippen LogP contribution in [0.2, 0.25) is 0 Å². The molecule has 25 heavy (non-hydrogen) atoms. The van der Waals surface area contributed by atoms with E-state index < -0.39 is 15.8 Å². The average molecular weight is 364 g/mol. The Morgan fingerprint density at radius 1 is 1.16 bits per heavy atom. The number of anilines is 2. The molecule has 132 valence electrons. The number of aromatic nitrogens is 2. The van der Waals surface area contributed by atoms with Gasteiger partial charge in [0.1, 0.15) is 11.6 Å². The van der Waals surface area contributed by atoms with Gasteiger partial charge in [-0.1, -0.05) is 0 Å². The summed E-state index contributed by atoms with van der Waals surface area (Å²) < 4.78 is 42.8. The standard InChI is InChI=1S/C16H17FN4O3S/c17-11-4-5-13-12(9-11)18-15(22)6-8-21(13)25(23,24)16-10-20-7-2-1-3-14(20)19-16/h4-5,9-10H,1-3,6-8H2,(H,18,22). The molecular formula is C16H17FN4O3S. The summed E-state index contributed by atoms with van der Waals surface area (Å²) in [6.45, 7) is 0.731. The van der Waals surface area contributed by atoms with Crippen molar-refractivity contribution in [2.45, 2.75) is 37.3 Å². The van der Waals surface area contributed by atoms with Gasteiger partial charge in [-0.05, 0) is 31.0 Å². The molecule has 3 heterocycles. The Labute approximate surface area is 144 Å². The molecule has 2 aliphatic rings. The molecule has 0 fully saturated rings. The normalized spacial score (nSPS) is 17.5. The van der Waals surface area contributed by atoms with Gasteiger partial charge in [0, 0.05) is 32.1 Å². The third-order valence-electron chi connectivity index (χ3n) is 4.48. The van der Waals surface area contributed by atoms with Crippen LogP contribution in [0.4, 0.5) is 15.8 Å². The maximum Gasteiger partial charge on any atom is 0.283 e. The zero-order valence-corrected chi connectivity index (χ0v) is 14.2. The van der Waals surface area contributed by atoms with Gasteiger partial charge in [-0.25, -0.2) is 9.37 Å². The predicted molar refractivity (Wildman–Crippen MR) is 89.3 cm³/mol. The highest BCUT2D eigenvalue weighted by Gasteiger charge is 2.33. The molecule has 0 radical (unpaired) electrons. The second kappa shape index (κ2) is 5.83. The number of fused-ring (bicyclic) bond motifs is 2. The molecule has 4 rings (SSSR count). The first kappa shape index (κ1) is 16.1. The lowest BCUT2D eigenvalue weighted by molar-refractivity contribution is -0.115. The minimum atomic E-state index is -3.94. The van der Waals surface area contributed by atoms with Crippen LogP contribution in [0, 0.1) is 5.82 Å². The Bertz CT molecular complexity index is 931. The van der Waals surface area contributed by atoms with Gasteiger partial charge >= 0.3 is 0 Å². The number of hydrogen-bond donors (Lipinski definition) is 1. The summed E-state index contributed by atoms with van der Waals surface area (Å²) in [7, 11) is -3.94. The van der Waals surface area contributed by atoms with E-state index in [4.69, 9.17) is 0 Å². The van der Waals surface area contributed by atoms with E-state index in [-0.39, 0.29) is 35.3 Å². The highest BCUT2D eigenvalue weighted by Crippen LogP contribution is 2.33. The molecule has 9 heteroatoms. The van der Waals surface area contributed by atoms with Crippen LogP contribution in [0.25, 0.3) is 0 Å². The summed E-state index contributed by atoms with van der Waals surface area (Å²) in [5.74, 6) is -0.141. The number of halogens is 1. The molecule has 0 saturated heterocycles. The Morgan fingerprint density at radius 2 is 2.00 bits per heavy atom. The third kappa shape index (κ3) is 2.78. The number of imidazole rings is 1. The van der Waals surface area contributed by atoms with Gasteiger partial charge in [-0.15, -0.1) is 0 Å². The molecule has 1 amide bonds. The van der Waals surface area contributed by atoms with Crippen LogP contribution >= 0.6 is 0 Å². The van der Waals surface area contributed by atoms with Crippen molar-refractivity contribution in [3.05, 3.63) is 36.0 Å². The smallest absolute Gasteiger partial charge is 0.283 e. The third-order valence-corrected chi connectivity index (χ3v) is 6.17. The van der Waals surface area contributed by atoms with E-state index in [1.807, 2.05) is 4.57 Å². The number of nitrogens with one attached hydrogen (secondary N) is 1. The number of hydrogen-bond acceptors (Lipinski definition) is 4. The fourth-order valence-corrected chi connectivity index (χ4v) is 4.69. The van der Waals surface area contributed by atoms with Gasteiger partial charge in [-0.2, -0.15) is 8.42 Å². The summed E-state index contributed by atoms with van der Waals surface area (Å²) >= 11 is 0. The summed E-state index contributed by atoms with van der Waals surface area (Å²) in [6, 6.07) is 3.67. The first-order valence-electron chi connectivity index (χ1n) is 8.13. The molecule has 0 spiro atoms. The Kier molecular flexibility index (Phi) is 3.75. The highest BCUT2D eigenvalue weighted by molar-refractivity contribution is 7.92. The van der Waals surface area contributed by atoms with Crippen molar-refractivity contribution in [3.63, 3.8) is 0 Å². The molecule has 0 saturated carbocycles. The predicted octanol–water partition coefficient (Wildman–Crippen LogP) is 1.90. The lowest BCUT2D eigenvalue weighted by Crippen LogP contribution is -2.32. The van der Waals surface area contributed by atoms with Gasteiger partial charge in [0.25, 0.3) is 10.0 Å². The summed E-state index contributed by atoms with van der Waals surface area (Å²) in [5.41, 5.74) is 0.397. The Hall–Kier alpha value is -2.42. The lowest BCUT2D eigenvalue weighted by Gasteiger charge is -2.22. The molecular weight excluding hydrogens is 347 g/mol. The van der Waals surface area contributed by atoms with Crippen molar-refractivity contribution in [2.24, 2.45) is 0 Å². The summed E-state index contributed by atoms with van der Waals surface area (Å²) in [4.78, 5) is 16.1. The molecule has 0 aliphatic carbocycles. The number of amides is 1. The SMILES string of the molecule is O=C1CCN(S(=O)(=O)c2cn3c(n2)CCCC3)c2ccc(F)cc2N1. The van der Waals surface area contributed by atoms with Crippen molar-refractivity contribution in [1.82, 2.24) is 9.55 Å². The van der Waals surface area contributed by atoms with Crippen LogP contribution in [-0.4, -0.2) is 30.4 Å². The molecule has 1 aromatic heterocycles. The van der Waals surface area contributed by atoms with Gasteiger partial charge in [-0.3, -0.25) is 9.10 Å². The molecule has 0 atom stereocenters. The lowest BCUT2D eigenvalue weighted by atomic mass is 10.2. The highest BCUT2D eigenvalue weighted by atomic mass is 32.2. The zero-order chi connectivity index (χ0) is 17.6. The van der Waals surface area contributed by atoms with E-state index in [1.165, 1.54) is 12.1 Å². The van der Waals surface area contributed by atoms with Crippen LogP contribution in [0.5, 0.6) is 0 Å². The van der Waals surface area contributed by atoms with Crippen LogP contribution in [0.15, 0.2) is 29.4 Å². The fraction of sp³-hybridized carbons (Fsp3) is 0.375. The van der Waals surface area contributed by atoms with Gasteiger partial charge < -0.3 is 9.88 Å². The van der Waals surface area contributed by atoms with Gasteiger partial charge in [0.05, 0.1) is 11.4 Å². The zero-order valence-electron chi connectivity index (χ0n) is 13.4. The van der Waals surface area contributed by atoms with Crippen molar-refractivity contribution in [1.29, 1.82) is 0 Å². The second-order valence-electron chi connectivity index (χ2n) is 6.18. The van der Waals surface area contributed by atoms with E-state index in [2.05, 4.69) is 10.3 Å². The number of carbonyl (C=O) groups is 1. The number of carbonyl (C=O) groups excluding carboxylic acids is 1. The second-order valence-corrected chi connectivity index (χ2v) is 7.99. The van der Waals surface area contributed by atoms with Crippen LogP contribution < -0.4 is 9.62 Å². The number of sulfonamides is 1. The first-order valence-corrected chi connectivity index (χ1v) is 9.57. The van der Waals surface area contributed by atoms with Gasteiger partial charge in [0.15, 0.2) is 5.03 Å². The number of rotatable bonds is 2. The maximum atomic E-state index is 13.5. The monoisotopic (exact) mass is 364 g/mol. The average Bonchev–Trinajstić information content (AvgIpc) is 2.94. The van der Waals surface area contributed by atoms with E-state index in [0.29, 0.717) is 0 Å². The van der Waals surface area contributed by atoms with Crippen LogP contribution in [-0.2, 0) is 27.8 Å². The van der Waals surface area contributed by atoms with E-state index >= 15 is 0 Å². The Balaban J connectivity index is 1.80. The minimum Gasteiger partial charge on any atom is -0.333 e. The number of aryl methyl sites for hydroxylation is 2. The largest absolute Gasteiger partial charge is 0.333 e. The van der Waals surface area contributed by atoms with Crippen LogP contribution in [0.1, 0.15) is 25.1 Å². The molecule has 2 aliphatic heterocycles. The molecule has 0 bridgehead atoms. The molecule has 0 unspecified atom stereocenters. The van der Waals surface area contributed by atoms with E-state index in [9.17, 15) is 17.6 Å². The summed E-state index contributed by atoms with van der Waals surface area (Å²) in [5, 5.41) is 2.52. The molecule has 1 aromatic carbocycles. The quantitative estimate of drug-likeness (QED) is 0.882. The van der Waals surface area contributed by atoms with Crippen molar-refractivity contribution in [3.8, 4) is 0 Å². The molecule has 2 aromatic rings. The minimum absolute atomic E-state index is 0.0108. The van der Waals surface area contributed by atoms with Crippen LogP contribution in [0.3, 0.4) is 0 Å². The first-order chi connectivity index (χ1) is 11.9. The van der Waals surface area contributed by atoms with E-state index in [0.717, 1.165) is 42.0 Å². The molecule has 7 nitrogen and oxygen atoms in total. The fourth-order valence-electron chi connectivity index (χ4n) is 3.24. The van der Waals surface area contributed by atoms with Gasteiger partial charge in [0.2, 0.25) is 5.91 Å². The number of nitrogens with zero attached hydrogens (tertiary/aromatic N) is 3.